The van der Waals surface area contributed by atoms with Crippen molar-refractivity contribution in [2.45, 2.75) is 45.9 Å². The van der Waals surface area contributed by atoms with Crippen molar-refractivity contribution in [2.24, 2.45) is 0 Å². The van der Waals surface area contributed by atoms with Crippen LogP contribution in [0, 0.1) is 6.92 Å². The maximum Gasteiger partial charge on any atom is 0.124 e. The van der Waals surface area contributed by atoms with Crippen LogP contribution in [-0.2, 0) is 13.2 Å². The Morgan fingerprint density at radius 3 is 2.64 bits per heavy atom. The van der Waals surface area contributed by atoms with Crippen LogP contribution in [0.3, 0.4) is 0 Å². The lowest BCUT2D eigenvalue weighted by molar-refractivity contribution is 0.259. The van der Waals surface area contributed by atoms with Crippen molar-refractivity contribution in [3.8, 4) is 5.75 Å². The van der Waals surface area contributed by atoms with E-state index < -0.39 is 0 Å². The quantitative estimate of drug-likeness (QED) is 0.782. The molecule has 1 aliphatic heterocycles. The zero-order valence-electron chi connectivity index (χ0n) is 15.5. The Kier molecular flexibility index (Phi) is 6.48. The molecule has 3 heteroatoms. The molecule has 1 fully saturated rings. The molecule has 0 aliphatic carbocycles. The van der Waals surface area contributed by atoms with Gasteiger partial charge in [-0.15, -0.1) is 0 Å². The van der Waals surface area contributed by atoms with Crippen LogP contribution in [0.1, 0.15) is 36.5 Å². The standard InChI is InChI=1S/C22H30N2O/c1-3-24-14-8-12-21(24)16-23-15-19-10-6-7-13-22(19)25-17-20-11-5-4-9-18(20)2/h4-7,9-11,13,21,23H,3,8,12,14-17H2,1-2H3/t21-/m0/s1. The predicted octanol–water partition coefficient (Wildman–Crippen LogP) is 4.15. The van der Waals surface area contributed by atoms with Crippen LogP contribution in [0.5, 0.6) is 5.75 Å². The molecule has 0 amide bonds. The summed E-state index contributed by atoms with van der Waals surface area (Å²) < 4.78 is 6.12. The van der Waals surface area contributed by atoms with Gasteiger partial charge in [0.2, 0.25) is 0 Å². The number of hydrogen-bond donors (Lipinski definition) is 1. The summed E-state index contributed by atoms with van der Waals surface area (Å²) >= 11 is 0. The minimum absolute atomic E-state index is 0.621. The zero-order valence-corrected chi connectivity index (χ0v) is 15.5. The summed E-state index contributed by atoms with van der Waals surface area (Å²) in [5, 5.41) is 3.64. The van der Waals surface area contributed by atoms with E-state index in [1.807, 2.05) is 6.07 Å². The molecular formula is C22H30N2O. The van der Waals surface area contributed by atoms with Gasteiger partial charge in [-0.25, -0.2) is 0 Å². The molecule has 1 heterocycles. The first-order chi connectivity index (χ1) is 12.3. The number of nitrogens with zero attached hydrogens (tertiary/aromatic N) is 1. The maximum atomic E-state index is 6.12. The number of rotatable bonds is 8. The molecule has 0 radical (unpaired) electrons. The summed E-state index contributed by atoms with van der Waals surface area (Å²) in [5.74, 6) is 0.983. The third-order valence-corrected chi connectivity index (χ3v) is 5.22. The van der Waals surface area contributed by atoms with Gasteiger partial charge in [-0.05, 0) is 50.0 Å². The second kappa shape index (κ2) is 9.02. The van der Waals surface area contributed by atoms with E-state index in [1.54, 1.807) is 0 Å². The average molecular weight is 338 g/mol. The minimum atomic E-state index is 0.621. The third kappa shape index (κ3) is 4.83. The number of para-hydroxylation sites is 1. The average Bonchev–Trinajstić information content (AvgIpc) is 3.09. The molecule has 25 heavy (non-hydrogen) atoms. The lowest BCUT2D eigenvalue weighted by Crippen LogP contribution is -2.37. The fourth-order valence-corrected chi connectivity index (χ4v) is 3.63. The molecule has 0 saturated carbocycles. The highest BCUT2D eigenvalue weighted by molar-refractivity contribution is 5.34. The van der Waals surface area contributed by atoms with Crippen LogP contribution < -0.4 is 10.1 Å². The van der Waals surface area contributed by atoms with Crippen molar-refractivity contribution in [2.75, 3.05) is 19.6 Å². The van der Waals surface area contributed by atoms with Gasteiger partial charge < -0.3 is 10.1 Å². The summed E-state index contributed by atoms with van der Waals surface area (Å²) in [5.41, 5.74) is 3.76. The molecule has 134 valence electrons. The lowest BCUT2D eigenvalue weighted by atomic mass is 10.1. The first kappa shape index (κ1) is 18.0. The lowest BCUT2D eigenvalue weighted by Gasteiger charge is -2.23. The molecule has 1 N–H and O–H groups in total. The highest BCUT2D eigenvalue weighted by atomic mass is 16.5. The van der Waals surface area contributed by atoms with Crippen LogP contribution in [0.4, 0.5) is 0 Å². The molecule has 2 aromatic carbocycles. The minimum Gasteiger partial charge on any atom is -0.489 e. The number of hydrogen-bond acceptors (Lipinski definition) is 3. The number of likely N-dealkylation sites (tertiary alicyclic amines) is 1. The summed E-state index contributed by atoms with van der Waals surface area (Å²) in [6, 6.07) is 17.5. The summed E-state index contributed by atoms with van der Waals surface area (Å²) in [4.78, 5) is 2.58. The molecule has 1 saturated heterocycles. The van der Waals surface area contributed by atoms with E-state index >= 15 is 0 Å². The van der Waals surface area contributed by atoms with E-state index in [0.717, 1.165) is 25.4 Å². The summed E-state index contributed by atoms with van der Waals surface area (Å²) in [6.07, 6.45) is 2.64. The van der Waals surface area contributed by atoms with E-state index in [1.165, 1.54) is 36.1 Å². The van der Waals surface area contributed by atoms with Gasteiger partial charge in [0.15, 0.2) is 0 Å². The molecule has 3 rings (SSSR count). The van der Waals surface area contributed by atoms with Gasteiger partial charge in [-0.3, -0.25) is 4.90 Å². The summed E-state index contributed by atoms with van der Waals surface area (Å²) in [6.45, 7) is 9.33. The van der Waals surface area contributed by atoms with Crippen molar-refractivity contribution in [3.05, 3.63) is 65.2 Å². The van der Waals surface area contributed by atoms with Crippen LogP contribution >= 0.6 is 0 Å². The van der Waals surface area contributed by atoms with E-state index in [2.05, 4.69) is 66.5 Å². The zero-order chi connectivity index (χ0) is 17.5. The van der Waals surface area contributed by atoms with Gasteiger partial charge in [0, 0.05) is 24.7 Å². The number of aryl methyl sites for hydroxylation is 1. The molecule has 3 nitrogen and oxygen atoms in total. The van der Waals surface area contributed by atoms with Gasteiger partial charge in [-0.1, -0.05) is 49.4 Å². The Morgan fingerprint density at radius 2 is 1.84 bits per heavy atom. The second-order valence-corrected chi connectivity index (χ2v) is 6.88. The maximum absolute atomic E-state index is 6.12. The van der Waals surface area contributed by atoms with E-state index in [9.17, 15) is 0 Å². The highest BCUT2D eigenvalue weighted by Gasteiger charge is 2.22. The number of benzene rings is 2. The van der Waals surface area contributed by atoms with Crippen molar-refractivity contribution < 1.29 is 4.74 Å². The Balaban J connectivity index is 1.55. The Labute approximate surface area is 152 Å². The highest BCUT2D eigenvalue weighted by Crippen LogP contribution is 2.21. The predicted molar refractivity (Wildman–Crippen MR) is 104 cm³/mol. The summed E-state index contributed by atoms with van der Waals surface area (Å²) in [7, 11) is 0. The fourth-order valence-electron chi connectivity index (χ4n) is 3.63. The molecule has 1 atom stereocenters. The second-order valence-electron chi connectivity index (χ2n) is 6.88. The molecule has 0 unspecified atom stereocenters. The number of ether oxygens (including phenoxy) is 1. The monoisotopic (exact) mass is 338 g/mol. The number of likely N-dealkylation sites (N-methyl/N-ethyl adjacent to an activating group) is 1. The van der Waals surface area contributed by atoms with Gasteiger partial charge in [0.05, 0.1) is 0 Å². The largest absolute Gasteiger partial charge is 0.489 e. The molecule has 2 aromatic rings. The topological polar surface area (TPSA) is 24.5 Å². The van der Waals surface area contributed by atoms with Crippen molar-refractivity contribution >= 4 is 0 Å². The van der Waals surface area contributed by atoms with Crippen LogP contribution in [0.2, 0.25) is 0 Å². The fraction of sp³-hybridized carbons (Fsp3) is 0.455. The SMILES string of the molecule is CCN1CCC[C@H]1CNCc1ccccc1OCc1ccccc1C. The van der Waals surface area contributed by atoms with Crippen LogP contribution in [0.25, 0.3) is 0 Å². The molecule has 1 aliphatic rings. The van der Waals surface area contributed by atoms with E-state index in [0.29, 0.717) is 12.6 Å². The Morgan fingerprint density at radius 1 is 1.08 bits per heavy atom. The van der Waals surface area contributed by atoms with E-state index in [-0.39, 0.29) is 0 Å². The Hall–Kier alpha value is -1.84. The molecule has 0 aromatic heterocycles. The van der Waals surface area contributed by atoms with Crippen molar-refractivity contribution in [1.82, 2.24) is 10.2 Å². The first-order valence-electron chi connectivity index (χ1n) is 9.48. The molecule has 0 bridgehead atoms. The van der Waals surface area contributed by atoms with Gasteiger partial charge in [0.25, 0.3) is 0 Å². The van der Waals surface area contributed by atoms with Crippen molar-refractivity contribution in [1.29, 1.82) is 0 Å². The van der Waals surface area contributed by atoms with Gasteiger partial charge in [0.1, 0.15) is 12.4 Å². The van der Waals surface area contributed by atoms with Crippen molar-refractivity contribution in [3.63, 3.8) is 0 Å². The van der Waals surface area contributed by atoms with Crippen LogP contribution in [0.15, 0.2) is 48.5 Å². The molecular weight excluding hydrogens is 308 g/mol. The number of nitrogens with one attached hydrogen (secondary N) is 1. The smallest absolute Gasteiger partial charge is 0.124 e. The van der Waals surface area contributed by atoms with Gasteiger partial charge in [-0.2, -0.15) is 0 Å². The third-order valence-electron chi connectivity index (χ3n) is 5.22. The first-order valence-corrected chi connectivity index (χ1v) is 9.48. The Bertz CT molecular complexity index is 671. The van der Waals surface area contributed by atoms with Crippen LogP contribution in [-0.4, -0.2) is 30.6 Å². The molecule has 0 spiro atoms. The normalized spacial score (nSPS) is 17.8. The van der Waals surface area contributed by atoms with E-state index in [4.69, 9.17) is 4.74 Å². The van der Waals surface area contributed by atoms with Gasteiger partial charge >= 0.3 is 0 Å².